The highest BCUT2D eigenvalue weighted by atomic mass is 32.2. The molecule has 0 aromatic carbocycles. The molecule has 94 valence electrons. The van der Waals surface area contributed by atoms with Crippen LogP contribution in [0, 0.1) is 5.92 Å². The molecule has 2 heterocycles. The van der Waals surface area contributed by atoms with E-state index in [0.29, 0.717) is 16.9 Å². The van der Waals surface area contributed by atoms with Crippen LogP contribution in [-0.2, 0) is 4.74 Å². The van der Waals surface area contributed by atoms with Crippen molar-refractivity contribution in [1.82, 2.24) is 9.97 Å². The zero-order chi connectivity index (χ0) is 12.1. The van der Waals surface area contributed by atoms with Gasteiger partial charge in [0, 0.05) is 25.8 Å². The summed E-state index contributed by atoms with van der Waals surface area (Å²) in [5, 5.41) is 3.99. The number of rotatable bonds is 5. The van der Waals surface area contributed by atoms with Gasteiger partial charge < -0.3 is 15.8 Å². The van der Waals surface area contributed by atoms with E-state index in [1.165, 1.54) is 18.2 Å². The minimum Gasteiger partial charge on any atom is -0.383 e. The van der Waals surface area contributed by atoms with Gasteiger partial charge in [-0.25, -0.2) is 9.97 Å². The quantitative estimate of drug-likeness (QED) is 0.614. The fraction of sp³-hybridized carbons (Fsp3) is 0.636. The topological polar surface area (TPSA) is 73.1 Å². The SMILES string of the molecule is CSc1nc(N)cc(NCCC2CCOC2)n1. The molecular weight excluding hydrogens is 236 g/mol. The van der Waals surface area contributed by atoms with E-state index < -0.39 is 0 Å². The lowest BCUT2D eigenvalue weighted by Gasteiger charge is -2.10. The fourth-order valence-electron chi connectivity index (χ4n) is 1.84. The number of thioether (sulfide) groups is 1. The summed E-state index contributed by atoms with van der Waals surface area (Å²) in [4.78, 5) is 8.45. The predicted molar refractivity (Wildman–Crippen MR) is 70.3 cm³/mol. The van der Waals surface area contributed by atoms with Crippen LogP contribution in [-0.4, -0.2) is 36.0 Å². The Kier molecular flexibility index (Phi) is 4.44. The van der Waals surface area contributed by atoms with Crippen LogP contribution >= 0.6 is 11.8 Å². The van der Waals surface area contributed by atoms with E-state index in [9.17, 15) is 0 Å². The third-order valence-electron chi connectivity index (χ3n) is 2.79. The Labute approximate surface area is 106 Å². The summed E-state index contributed by atoms with van der Waals surface area (Å²) in [5.74, 6) is 2.00. The predicted octanol–water partition coefficient (Wildman–Crippen LogP) is 1.62. The summed E-state index contributed by atoms with van der Waals surface area (Å²) in [6.07, 6.45) is 4.22. The standard InChI is InChI=1S/C11H18N4OS/c1-17-11-14-9(12)6-10(15-11)13-4-2-8-3-5-16-7-8/h6,8H,2-5,7H2,1H3,(H3,12,13,14,15). The van der Waals surface area contributed by atoms with Gasteiger partial charge in [0.05, 0.1) is 0 Å². The summed E-state index contributed by atoms with van der Waals surface area (Å²) in [6, 6.07) is 1.77. The zero-order valence-corrected chi connectivity index (χ0v) is 10.8. The third-order valence-corrected chi connectivity index (χ3v) is 3.34. The molecule has 5 nitrogen and oxygen atoms in total. The average molecular weight is 254 g/mol. The number of hydrogen-bond donors (Lipinski definition) is 2. The first kappa shape index (κ1) is 12.4. The molecule has 6 heteroatoms. The molecule has 1 unspecified atom stereocenters. The van der Waals surface area contributed by atoms with E-state index in [2.05, 4.69) is 15.3 Å². The number of anilines is 2. The minimum absolute atomic E-state index is 0.510. The summed E-state index contributed by atoms with van der Waals surface area (Å²) in [7, 11) is 0. The van der Waals surface area contributed by atoms with Crippen molar-refractivity contribution >= 4 is 23.4 Å². The number of nitrogens with zero attached hydrogens (tertiary/aromatic N) is 2. The largest absolute Gasteiger partial charge is 0.383 e. The molecule has 3 N–H and O–H groups in total. The van der Waals surface area contributed by atoms with Gasteiger partial charge in [0.25, 0.3) is 0 Å². The van der Waals surface area contributed by atoms with Gasteiger partial charge in [0.15, 0.2) is 5.16 Å². The van der Waals surface area contributed by atoms with Crippen molar-refractivity contribution in [2.75, 3.05) is 37.1 Å². The summed E-state index contributed by atoms with van der Waals surface area (Å²) >= 11 is 1.49. The van der Waals surface area contributed by atoms with Gasteiger partial charge in [-0.3, -0.25) is 0 Å². The van der Waals surface area contributed by atoms with Gasteiger partial charge in [-0.2, -0.15) is 0 Å². The lowest BCUT2D eigenvalue weighted by Crippen LogP contribution is -2.10. The van der Waals surface area contributed by atoms with Crippen molar-refractivity contribution in [3.05, 3.63) is 6.07 Å². The molecule has 0 amide bonds. The van der Waals surface area contributed by atoms with Crippen LogP contribution in [0.15, 0.2) is 11.2 Å². The average Bonchev–Trinajstić information content (AvgIpc) is 2.81. The van der Waals surface area contributed by atoms with E-state index in [1.54, 1.807) is 6.07 Å². The second kappa shape index (κ2) is 6.07. The van der Waals surface area contributed by atoms with Crippen LogP contribution < -0.4 is 11.1 Å². The monoisotopic (exact) mass is 254 g/mol. The van der Waals surface area contributed by atoms with Crippen LogP contribution in [0.2, 0.25) is 0 Å². The van der Waals surface area contributed by atoms with Gasteiger partial charge in [-0.05, 0) is 25.0 Å². The van der Waals surface area contributed by atoms with Crippen molar-refractivity contribution in [2.24, 2.45) is 5.92 Å². The van der Waals surface area contributed by atoms with Crippen LogP contribution in [0.3, 0.4) is 0 Å². The molecule has 1 saturated heterocycles. The number of hydrogen-bond acceptors (Lipinski definition) is 6. The van der Waals surface area contributed by atoms with Crippen molar-refractivity contribution in [3.63, 3.8) is 0 Å². The Morgan fingerprint density at radius 2 is 2.47 bits per heavy atom. The molecule has 0 bridgehead atoms. The van der Waals surface area contributed by atoms with E-state index in [0.717, 1.165) is 32.0 Å². The van der Waals surface area contributed by atoms with E-state index in [4.69, 9.17) is 10.5 Å². The molecule has 1 aromatic heterocycles. The molecule has 1 aliphatic rings. The molecule has 0 aliphatic carbocycles. The summed E-state index contributed by atoms with van der Waals surface area (Å²) < 4.78 is 5.34. The van der Waals surface area contributed by atoms with Crippen molar-refractivity contribution < 1.29 is 4.74 Å². The molecule has 1 aromatic rings. The maximum atomic E-state index is 5.70. The van der Waals surface area contributed by atoms with Crippen LogP contribution in [0.25, 0.3) is 0 Å². The first-order valence-corrected chi connectivity index (χ1v) is 7.00. The Morgan fingerprint density at radius 1 is 1.59 bits per heavy atom. The molecule has 1 fully saturated rings. The van der Waals surface area contributed by atoms with Gasteiger partial charge in [-0.1, -0.05) is 11.8 Å². The molecule has 17 heavy (non-hydrogen) atoms. The third kappa shape index (κ3) is 3.74. The van der Waals surface area contributed by atoms with Crippen molar-refractivity contribution in [1.29, 1.82) is 0 Å². The molecule has 0 spiro atoms. The summed E-state index contributed by atoms with van der Waals surface area (Å²) in [6.45, 7) is 2.70. The lowest BCUT2D eigenvalue weighted by molar-refractivity contribution is 0.185. The maximum Gasteiger partial charge on any atom is 0.191 e. The number of aromatic nitrogens is 2. The Bertz CT molecular complexity index is 368. The highest BCUT2D eigenvalue weighted by Gasteiger charge is 2.14. The fourth-order valence-corrected chi connectivity index (χ4v) is 2.23. The molecule has 1 atom stereocenters. The Hall–Kier alpha value is -1.01. The minimum atomic E-state index is 0.510. The Morgan fingerprint density at radius 3 is 3.18 bits per heavy atom. The molecular formula is C11H18N4OS. The van der Waals surface area contributed by atoms with Gasteiger partial charge in [0.2, 0.25) is 0 Å². The van der Waals surface area contributed by atoms with Gasteiger partial charge in [-0.15, -0.1) is 0 Å². The van der Waals surface area contributed by atoms with Crippen LogP contribution in [0.1, 0.15) is 12.8 Å². The molecule has 2 rings (SSSR count). The number of nitrogen functional groups attached to an aromatic ring is 1. The van der Waals surface area contributed by atoms with E-state index in [-0.39, 0.29) is 0 Å². The number of ether oxygens (including phenoxy) is 1. The maximum absolute atomic E-state index is 5.70. The second-order valence-corrected chi connectivity index (χ2v) is 4.88. The number of nitrogens with two attached hydrogens (primary N) is 1. The lowest BCUT2D eigenvalue weighted by atomic mass is 10.1. The zero-order valence-electron chi connectivity index (χ0n) is 9.98. The van der Waals surface area contributed by atoms with E-state index >= 15 is 0 Å². The van der Waals surface area contributed by atoms with Gasteiger partial charge >= 0.3 is 0 Å². The molecule has 1 aliphatic heterocycles. The highest BCUT2D eigenvalue weighted by Crippen LogP contribution is 2.18. The van der Waals surface area contributed by atoms with Crippen molar-refractivity contribution in [3.8, 4) is 0 Å². The highest BCUT2D eigenvalue weighted by molar-refractivity contribution is 7.98. The first-order valence-electron chi connectivity index (χ1n) is 5.78. The smallest absolute Gasteiger partial charge is 0.191 e. The number of nitrogens with one attached hydrogen (secondary N) is 1. The van der Waals surface area contributed by atoms with Crippen LogP contribution in [0.4, 0.5) is 11.6 Å². The Balaban J connectivity index is 1.83. The van der Waals surface area contributed by atoms with Crippen LogP contribution in [0.5, 0.6) is 0 Å². The van der Waals surface area contributed by atoms with Crippen molar-refractivity contribution in [2.45, 2.75) is 18.0 Å². The van der Waals surface area contributed by atoms with E-state index in [1.807, 2.05) is 6.26 Å². The normalized spacial score (nSPS) is 19.5. The second-order valence-electron chi connectivity index (χ2n) is 4.11. The summed E-state index contributed by atoms with van der Waals surface area (Å²) in [5.41, 5.74) is 5.70. The molecule has 0 saturated carbocycles. The van der Waals surface area contributed by atoms with Gasteiger partial charge in [0.1, 0.15) is 11.6 Å². The molecule has 0 radical (unpaired) electrons. The first-order chi connectivity index (χ1) is 8.28.